The highest BCUT2D eigenvalue weighted by atomic mass is 16.4. The van der Waals surface area contributed by atoms with Crippen LogP contribution in [0, 0.1) is 12.3 Å². The molecule has 0 radical (unpaired) electrons. The van der Waals surface area contributed by atoms with E-state index in [0.29, 0.717) is 24.1 Å². The highest BCUT2D eigenvalue weighted by Crippen LogP contribution is 2.38. The fourth-order valence-electron chi connectivity index (χ4n) is 2.47. The molecule has 3 N–H and O–H groups in total. The lowest BCUT2D eigenvalue weighted by atomic mass is 9.85. The number of rotatable bonds is 3. The number of carboxylic acid groups (broad SMARTS) is 1. The van der Waals surface area contributed by atoms with Crippen molar-refractivity contribution in [1.29, 1.82) is 0 Å². The maximum absolute atomic E-state index is 12.0. The highest BCUT2D eigenvalue weighted by Gasteiger charge is 2.46. The number of carbonyl (C=O) groups excluding carboxylic acids is 1. The van der Waals surface area contributed by atoms with Crippen molar-refractivity contribution in [3.8, 4) is 0 Å². The standard InChI is InChI=1S/C12H17N3O3/c1-7-8(6-13-15-7)10(16)14-9-4-3-5-12(9,2)11(17)18/h6,9H,3-5H2,1-2H3,(H,13,15)(H,14,16)(H,17,18). The second kappa shape index (κ2) is 4.44. The summed E-state index contributed by atoms with van der Waals surface area (Å²) in [6, 6.07) is -0.322. The average molecular weight is 251 g/mol. The normalized spacial score (nSPS) is 27.1. The molecule has 2 unspecified atom stereocenters. The molecule has 1 aliphatic carbocycles. The fraction of sp³-hybridized carbons (Fsp3) is 0.583. The maximum atomic E-state index is 12.0. The molecule has 1 fully saturated rings. The van der Waals surface area contributed by atoms with Crippen LogP contribution in [0.1, 0.15) is 42.2 Å². The van der Waals surface area contributed by atoms with Gasteiger partial charge in [-0.25, -0.2) is 0 Å². The van der Waals surface area contributed by atoms with E-state index in [9.17, 15) is 14.7 Å². The molecule has 0 aliphatic heterocycles. The van der Waals surface area contributed by atoms with Gasteiger partial charge in [-0.2, -0.15) is 5.10 Å². The fourth-order valence-corrected chi connectivity index (χ4v) is 2.47. The van der Waals surface area contributed by atoms with E-state index >= 15 is 0 Å². The van der Waals surface area contributed by atoms with Crippen molar-refractivity contribution in [2.75, 3.05) is 0 Å². The first-order chi connectivity index (χ1) is 8.45. The molecule has 0 saturated heterocycles. The predicted octanol–water partition coefficient (Wildman–Crippen LogP) is 1.09. The molecule has 98 valence electrons. The lowest BCUT2D eigenvalue weighted by molar-refractivity contribution is -0.148. The number of carboxylic acids is 1. The van der Waals surface area contributed by atoms with Crippen molar-refractivity contribution in [2.24, 2.45) is 5.41 Å². The Balaban J connectivity index is 2.13. The quantitative estimate of drug-likeness (QED) is 0.749. The van der Waals surface area contributed by atoms with Gasteiger partial charge in [0.25, 0.3) is 5.91 Å². The van der Waals surface area contributed by atoms with Crippen LogP contribution in [0.5, 0.6) is 0 Å². The van der Waals surface area contributed by atoms with Crippen LogP contribution in [0.4, 0.5) is 0 Å². The van der Waals surface area contributed by atoms with Crippen molar-refractivity contribution < 1.29 is 14.7 Å². The van der Waals surface area contributed by atoms with E-state index in [2.05, 4.69) is 15.5 Å². The summed E-state index contributed by atoms with van der Waals surface area (Å²) in [5.41, 5.74) is 0.282. The van der Waals surface area contributed by atoms with Crippen molar-refractivity contribution in [1.82, 2.24) is 15.5 Å². The molecular weight excluding hydrogens is 234 g/mol. The van der Waals surface area contributed by atoms with Crippen LogP contribution in [0.2, 0.25) is 0 Å². The van der Waals surface area contributed by atoms with Gasteiger partial charge in [0.1, 0.15) is 0 Å². The molecule has 1 aromatic rings. The Bertz CT molecular complexity index is 483. The maximum Gasteiger partial charge on any atom is 0.311 e. The van der Waals surface area contributed by atoms with Crippen molar-refractivity contribution in [3.05, 3.63) is 17.5 Å². The zero-order valence-electron chi connectivity index (χ0n) is 10.5. The van der Waals surface area contributed by atoms with Gasteiger partial charge in [-0.05, 0) is 26.7 Å². The Morgan fingerprint density at radius 2 is 2.33 bits per heavy atom. The first-order valence-electron chi connectivity index (χ1n) is 5.99. The third-order valence-electron chi connectivity index (χ3n) is 3.83. The average Bonchev–Trinajstić information content (AvgIpc) is 2.87. The summed E-state index contributed by atoms with van der Waals surface area (Å²) in [5.74, 6) is -1.12. The molecule has 1 saturated carbocycles. The van der Waals surface area contributed by atoms with Crippen molar-refractivity contribution in [3.63, 3.8) is 0 Å². The molecule has 2 rings (SSSR count). The Kier molecular flexibility index (Phi) is 3.11. The van der Waals surface area contributed by atoms with E-state index in [4.69, 9.17) is 0 Å². The number of nitrogens with one attached hydrogen (secondary N) is 2. The number of amides is 1. The largest absolute Gasteiger partial charge is 0.481 e. The van der Waals surface area contributed by atoms with Gasteiger partial charge in [-0.3, -0.25) is 14.7 Å². The Hall–Kier alpha value is -1.85. The third kappa shape index (κ3) is 1.98. The molecule has 0 bridgehead atoms. The lowest BCUT2D eigenvalue weighted by Crippen LogP contribution is -2.47. The van der Waals surface area contributed by atoms with Gasteiger partial charge in [-0.15, -0.1) is 0 Å². The van der Waals surface area contributed by atoms with Gasteiger partial charge in [0.05, 0.1) is 17.2 Å². The molecule has 1 amide bonds. The molecule has 0 aromatic carbocycles. The smallest absolute Gasteiger partial charge is 0.311 e. The summed E-state index contributed by atoms with van der Waals surface area (Å²) in [4.78, 5) is 23.3. The summed E-state index contributed by atoms with van der Waals surface area (Å²) >= 11 is 0. The van der Waals surface area contributed by atoms with Crippen LogP contribution in [0.15, 0.2) is 6.20 Å². The number of nitrogens with zero attached hydrogens (tertiary/aromatic N) is 1. The highest BCUT2D eigenvalue weighted by molar-refractivity contribution is 5.95. The SMILES string of the molecule is Cc1[nH]ncc1C(=O)NC1CCCC1(C)C(=O)O. The summed E-state index contributed by atoms with van der Waals surface area (Å²) in [6.07, 6.45) is 3.57. The Morgan fingerprint density at radius 1 is 1.61 bits per heavy atom. The summed E-state index contributed by atoms with van der Waals surface area (Å²) in [7, 11) is 0. The summed E-state index contributed by atoms with van der Waals surface area (Å²) < 4.78 is 0. The van der Waals surface area contributed by atoms with Gasteiger partial charge < -0.3 is 10.4 Å². The predicted molar refractivity (Wildman–Crippen MR) is 64.2 cm³/mol. The Morgan fingerprint density at radius 3 is 2.89 bits per heavy atom. The van der Waals surface area contributed by atoms with Gasteiger partial charge in [0.15, 0.2) is 0 Å². The topological polar surface area (TPSA) is 95.1 Å². The first kappa shape index (κ1) is 12.6. The van der Waals surface area contributed by atoms with Gasteiger partial charge >= 0.3 is 5.97 Å². The van der Waals surface area contributed by atoms with Gasteiger partial charge in [0.2, 0.25) is 0 Å². The number of aromatic amines is 1. The molecular formula is C12H17N3O3. The monoisotopic (exact) mass is 251 g/mol. The molecule has 0 spiro atoms. The number of hydrogen-bond acceptors (Lipinski definition) is 3. The number of aromatic nitrogens is 2. The number of hydrogen-bond donors (Lipinski definition) is 3. The van der Waals surface area contributed by atoms with Crippen LogP contribution in [0.25, 0.3) is 0 Å². The van der Waals surface area contributed by atoms with Crippen LogP contribution in [0.3, 0.4) is 0 Å². The van der Waals surface area contributed by atoms with Crippen molar-refractivity contribution in [2.45, 2.75) is 39.2 Å². The Labute approximate surface area is 105 Å². The molecule has 6 heteroatoms. The number of H-pyrrole nitrogens is 1. The van der Waals surface area contributed by atoms with Gasteiger partial charge in [-0.1, -0.05) is 6.42 Å². The second-order valence-electron chi connectivity index (χ2n) is 5.05. The van der Waals surface area contributed by atoms with Crippen LogP contribution in [-0.2, 0) is 4.79 Å². The number of aliphatic carboxylic acids is 1. The zero-order valence-corrected chi connectivity index (χ0v) is 10.5. The number of carbonyl (C=O) groups is 2. The minimum atomic E-state index is -0.868. The van der Waals surface area contributed by atoms with E-state index in [0.717, 1.165) is 6.42 Å². The number of aryl methyl sites for hydroxylation is 1. The van der Waals surface area contributed by atoms with E-state index in [1.807, 2.05) is 0 Å². The van der Waals surface area contributed by atoms with Gasteiger partial charge in [0, 0.05) is 11.7 Å². The molecule has 6 nitrogen and oxygen atoms in total. The van der Waals surface area contributed by atoms with Crippen LogP contribution >= 0.6 is 0 Å². The van der Waals surface area contributed by atoms with E-state index in [-0.39, 0.29) is 11.9 Å². The first-order valence-corrected chi connectivity index (χ1v) is 5.99. The summed E-state index contributed by atoms with van der Waals surface area (Å²) in [6.45, 7) is 3.45. The molecule has 1 heterocycles. The molecule has 1 aromatic heterocycles. The van der Waals surface area contributed by atoms with Crippen LogP contribution < -0.4 is 5.32 Å². The molecule has 18 heavy (non-hydrogen) atoms. The van der Waals surface area contributed by atoms with Crippen molar-refractivity contribution >= 4 is 11.9 Å². The summed E-state index contributed by atoms with van der Waals surface area (Å²) in [5, 5.41) is 18.6. The lowest BCUT2D eigenvalue weighted by Gasteiger charge is -2.27. The van der Waals surface area contributed by atoms with E-state index in [1.54, 1.807) is 13.8 Å². The molecule has 1 aliphatic rings. The minimum absolute atomic E-state index is 0.263. The third-order valence-corrected chi connectivity index (χ3v) is 3.83. The minimum Gasteiger partial charge on any atom is -0.481 e. The van der Waals surface area contributed by atoms with E-state index in [1.165, 1.54) is 6.20 Å². The second-order valence-corrected chi connectivity index (χ2v) is 5.05. The van der Waals surface area contributed by atoms with Crippen LogP contribution in [-0.4, -0.2) is 33.2 Å². The molecule has 2 atom stereocenters. The zero-order chi connectivity index (χ0) is 13.3. The van der Waals surface area contributed by atoms with E-state index < -0.39 is 11.4 Å².